The normalized spacial score (nSPS) is 10.7. The number of hydrogen-bond donors (Lipinski definition) is 1. The first-order chi connectivity index (χ1) is 9.70. The SMILES string of the molecule is Nc1cccc(Cc2nc(-c3cccc(F)c3)no2)c1. The third kappa shape index (κ3) is 2.66. The Morgan fingerprint density at radius 1 is 1.10 bits per heavy atom. The molecule has 0 atom stereocenters. The van der Waals surface area contributed by atoms with E-state index in [-0.39, 0.29) is 5.82 Å². The molecule has 3 aromatic rings. The molecule has 0 saturated heterocycles. The Morgan fingerprint density at radius 3 is 2.75 bits per heavy atom. The number of rotatable bonds is 3. The largest absolute Gasteiger partial charge is 0.399 e. The summed E-state index contributed by atoms with van der Waals surface area (Å²) >= 11 is 0. The molecule has 1 aromatic heterocycles. The van der Waals surface area contributed by atoms with Gasteiger partial charge in [0, 0.05) is 11.3 Å². The van der Waals surface area contributed by atoms with Crippen LogP contribution in [0.15, 0.2) is 53.1 Å². The van der Waals surface area contributed by atoms with Crippen molar-refractivity contribution in [1.82, 2.24) is 10.1 Å². The highest BCUT2D eigenvalue weighted by Crippen LogP contribution is 2.18. The molecule has 1 heterocycles. The van der Waals surface area contributed by atoms with Crippen LogP contribution in [0.5, 0.6) is 0 Å². The fourth-order valence-electron chi connectivity index (χ4n) is 1.95. The maximum atomic E-state index is 13.2. The lowest BCUT2D eigenvalue weighted by molar-refractivity contribution is 0.385. The average molecular weight is 269 g/mol. The minimum absolute atomic E-state index is 0.329. The summed E-state index contributed by atoms with van der Waals surface area (Å²) in [5.74, 6) is 0.517. The van der Waals surface area contributed by atoms with Gasteiger partial charge in [-0.15, -0.1) is 0 Å². The van der Waals surface area contributed by atoms with Crippen LogP contribution in [0.4, 0.5) is 10.1 Å². The summed E-state index contributed by atoms with van der Waals surface area (Å²) in [4.78, 5) is 4.26. The third-order valence-electron chi connectivity index (χ3n) is 2.86. The number of nitrogen functional groups attached to an aromatic ring is 1. The highest BCUT2D eigenvalue weighted by molar-refractivity contribution is 5.54. The molecule has 0 unspecified atom stereocenters. The molecule has 20 heavy (non-hydrogen) atoms. The summed E-state index contributed by atoms with van der Waals surface area (Å²) in [5.41, 5.74) is 7.98. The highest BCUT2D eigenvalue weighted by atomic mass is 19.1. The predicted molar refractivity (Wildman–Crippen MR) is 73.4 cm³/mol. The number of nitrogens with zero attached hydrogens (tertiary/aromatic N) is 2. The molecule has 0 spiro atoms. The molecule has 0 radical (unpaired) electrons. The molecule has 100 valence electrons. The van der Waals surface area contributed by atoms with E-state index < -0.39 is 0 Å². The van der Waals surface area contributed by atoms with E-state index in [1.54, 1.807) is 12.1 Å². The van der Waals surface area contributed by atoms with Crippen LogP contribution in [-0.4, -0.2) is 10.1 Å². The maximum absolute atomic E-state index is 13.2. The van der Waals surface area contributed by atoms with Gasteiger partial charge in [-0.05, 0) is 29.8 Å². The smallest absolute Gasteiger partial charge is 0.231 e. The second-order valence-electron chi connectivity index (χ2n) is 4.44. The van der Waals surface area contributed by atoms with Gasteiger partial charge in [0.05, 0.1) is 6.42 Å². The van der Waals surface area contributed by atoms with Gasteiger partial charge < -0.3 is 10.3 Å². The molecule has 0 aliphatic carbocycles. The van der Waals surface area contributed by atoms with Crippen molar-refractivity contribution in [2.24, 2.45) is 0 Å². The van der Waals surface area contributed by atoms with E-state index >= 15 is 0 Å². The van der Waals surface area contributed by atoms with Crippen molar-refractivity contribution >= 4 is 5.69 Å². The first kappa shape index (κ1) is 12.3. The third-order valence-corrected chi connectivity index (χ3v) is 2.86. The maximum Gasteiger partial charge on any atom is 0.231 e. The summed E-state index contributed by atoms with van der Waals surface area (Å²) in [7, 11) is 0. The molecule has 0 saturated carbocycles. The van der Waals surface area contributed by atoms with Gasteiger partial charge >= 0.3 is 0 Å². The van der Waals surface area contributed by atoms with Crippen molar-refractivity contribution in [3.8, 4) is 11.4 Å². The van der Waals surface area contributed by atoms with Gasteiger partial charge in [-0.2, -0.15) is 4.98 Å². The van der Waals surface area contributed by atoms with Gasteiger partial charge in [-0.3, -0.25) is 0 Å². The topological polar surface area (TPSA) is 64.9 Å². The Balaban J connectivity index is 1.84. The van der Waals surface area contributed by atoms with Crippen LogP contribution in [0.1, 0.15) is 11.5 Å². The zero-order chi connectivity index (χ0) is 13.9. The van der Waals surface area contributed by atoms with Gasteiger partial charge in [-0.1, -0.05) is 29.4 Å². The minimum atomic E-state index is -0.329. The predicted octanol–water partition coefficient (Wildman–Crippen LogP) is 3.05. The van der Waals surface area contributed by atoms with Gasteiger partial charge in [0.1, 0.15) is 5.82 Å². The summed E-state index contributed by atoms with van der Waals surface area (Å²) in [6, 6.07) is 13.6. The molecule has 0 aliphatic rings. The average Bonchev–Trinajstić information content (AvgIpc) is 2.87. The highest BCUT2D eigenvalue weighted by Gasteiger charge is 2.09. The summed E-state index contributed by atoms with van der Waals surface area (Å²) in [5, 5.41) is 3.86. The van der Waals surface area contributed by atoms with E-state index in [9.17, 15) is 4.39 Å². The van der Waals surface area contributed by atoms with Crippen LogP contribution < -0.4 is 5.73 Å². The molecule has 5 heteroatoms. The number of halogens is 1. The summed E-state index contributed by atoms with van der Waals surface area (Å²) < 4.78 is 18.3. The lowest BCUT2D eigenvalue weighted by Gasteiger charge is -1.97. The molecule has 3 rings (SSSR count). The number of hydrogen-bond acceptors (Lipinski definition) is 4. The van der Waals surface area contributed by atoms with Crippen molar-refractivity contribution in [1.29, 1.82) is 0 Å². The van der Waals surface area contributed by atoms with Crippen molar-refractivity contribution in [2.45, 2.75) is 6.42 Å². The standard InChI is InChI=1S/C15H12FN3O/c16-12-5-2-4-11(9-12)15-18-14(20-19-15)8-10-3-1-6-13(17)7-10/h1-7,9H,8,17H2. The zero-order valence-corrected chi connectivity index (χ0v) is 10.6. The molecule has 2 N–H and O–H groups in total. The van der Waals surface area contributed by atoms with Crippen molar-refractivity contribution in [3.63, 3.8) is 0 Å². The minimum Gasteiger partial charge on any atom is -0.399 e. The molecule has 0 aliphatic heterocycles. The summed E-state index contributed by atoms with van der Waals surface area (Å²) in [6.07, 6.45) is 0.493. The van der Waals surface area contributed by atoms with E-state index in [2.05, 4.69) is 10.1 Å². The number of aromatic nitrogens is 2. The van der Waals surface area contributed by atoms with E-state index in [1.807, 2.05) is 24.3 Å². The van der Waals surface area contributed by atoms with E-state index in [1.165, 1.54) is 12.1 Å². The first-order valence-electron chi connectivity index (χ1n) is 6.14. The van der Waals surface area contributed by atoms with E-state index in [0.717, 1.165) is 5.56 Å². The molecule has 0 fully saturated rings. The quantitative estimate of drug-likeness (QED) is 0.742. The van der Waals surface area contributed by atoms with Crippen LogP contribution >= 0.6 is 0 Å². The van der Waals surface area contributed by atoms with E-state index in [4.69, 9.17) is 10.3 Å². The monoisotopic (exact) mass is 269 g/mol. The fraction of sp³-hybridized carbons (Fsp3) is 0.0667. The summed E-state index contributed by atoms with van der Waals surface area (Å²) in [6.45, 7) is 0. The van der Waals surface area contributed by atoms with Crippen molar-refractivity contribution < 1.29 is 8.91 Å². The van der Waals surface area contributed by atoms with Gasteiger partial charge in [-0.25, -0.2) is 4.39 Å². The van der Waals surface area contributed by atoms with Crippen LogP contribution in [-0.2, 0) is 6.42 Å². The molecule has 2 aromatic carbocycles. The van der Waals surface area contributed by atoms with Crippen LogP contribution in [0.3, 0.4) is 0 Å². The fourth-order valence-corrected chi connectivity index (χ4v) is 1.95. The van der Waals surface area contributed by atoms with Gasteiger partial charge in [0.2, 0.25) is 11.7 Å². The molecular weight excluding hydrogens is 257 g/mol. The van der Waals surface area contributed by atoms with Crippen LogP contribution in [0, 0.1) is 5.82 Å². The van der Waals surface area contributed by atoms with Crippen molar-refractivity contribution in [3.05, 3.63) is 65.8 Å². The molecular formula is C15H12FN3O. The Morgan fingerprint density at radius 2 is 1.95 bits per heavy atom. The lowest BCUT2D eigenvalue weighted by atomic mass is 10.1. The Hall–Kier alpha value is -2.69. The Kier molecular flexibility index (Phi) is 3.16. The van der Waals surface area contributed by atoms with Crippen LogP contribution in [0.2, 0.25) is 0 Å². The first-order valence-corrected chi connectivity index (χ1v) is 6.14. The van der Waals surface area contributed by atoms with Gasteiger partial charge in [0.15, 0.2) is 0 Å². The molecule has 0 amide bonds. The van der Waals surface area contributed by atoms with Crippen LogP contribution in [0.25, 0.3) is 11.4 Å². The second kappa shape index (κ2) is 5.13. The van der Waals surface area contributed by atoms with E-state index in [0.29, 0.717) is 29.4 Å². The number of anilines is 1. The number of benzene rings is 2. The van der Waals surface area contributed by atoms with Gasteiger partial charge in [0.25, 0.3) is 0 Å². The Bertz CT molecular complexity index is 739. The molecule has 4 nitrogen and oxygen atoms in total. The lowest BCUT2D eigenvalue weighted by Crippen LogP contribution is -1.91. The molecule has 0 bridgehead atoms. The second-order valence-corrected chi connectivity index (χ2v) is 4.44. The number of nitrogens with two attached hydrogens (primary N) is 1. The zero-order valence-electron chi connectivity index (χ0n) is 10.6. The Labute approximate surface area is 115 Å². The van der Waals surface area contributed by atoms with Crippen molar-refractivity contribution in [2.75, 3.05) is 5.73 Å².